The molecule has 0 saturated carbocycles. The van der Waals surface area contributed by atoms with Gasteiger partial charge in [-0.05, 0) is 32.0 Å². The van der Waals surface area contributed by atoms with Crippen LogP contribution in [0.4, 0.5) is 5.69 Å². The molecule has 0 spiro atoms. The zero-order chi connectivity index (χ0) is 15.2. The monoisotopic (exact) mass is 287 g/mol. The molecule has 2 aromatic rings. The third-order valence-electron chi connectivity index (χ3n) is 2.93. The van der Waals surface area contributed by atoms with Crippen LogP contribution in [0.15, 0.2) is 47.4 Å². The lowest BCUT2D eigenvalue weighted by atomic mass is 10.2. The van der Waals surface area contributed by atoms with E-state index in [1.165, 1.54) is 18.3 Å². The fourth-order valence-electron chi connectivity index (χ4n) is 1.86. The fraction of sp³-hybridized carbons (Fsp3) is 0.267. The number of carbonyl (C=O) groups excluding carboxylic acids is 1. The van der Waals surface area contributed by atoms with E-state index < -0.39 is 6.04 Å². The van der Waals surface area contributed by atoms with Crippen molar-refractivity contribution >= 4 is 11.6 Å². The molecule has 1 aromatic heterocycles. The average Bonchev–Trinajstić information content (AvgIpc) is 2.49. The van der Waals surface area contributed by atoms with E-state index in [0.29, 0.717) is 18.0 Å². The van der Waals surface area contributed by atoms with Gasteiger partial charge in [-0.15, -0.1) is 0 Å². The van der Waals surface area contributed by atoms with Crippen LogP contribution in [0.1, 0.15) is 19.9 Å². The predicted molar refractivity (Wildman–Crippen MR) is 79.4 cm³/mol. The lowest BCUT2D eigenvalue weighted by Crippen LogP contribution is -2.32. The van der Waals surface area contributed by atoms with E-state index >= 15 is 0 Å². The first-order valence-electron chi connectivity index (χ1n) is 6.70. The number of para-hydroxylation sites is 2. The molecule has 0 aliphatic heterocycles. The molecule has 1 aromatic carbocycles. The number of benzene rings is 1. The van der Waals surface area contributed by atoms with E-state index in [-0.39, 0.29) is 11.5 Å². The van der Waals surface area contributed by atoms with Gasteiger partial charge in [-0.25, -0.2) is 4.68 Å². The lowest BCUT2D eigenvalue weighted by Gasteiger charge is -2.15. The summed E-state index contributed by atoms with van der Waals surface area (Å²) in [7, 11) is 0. The SMILES string of the molecule is CCOc1ccccc1NC(=O)C(C)n1ncccc1=O. The van der Waals surface area contributed by atoms with Crippen LogP contribution in [0.5, 0.6) is 5.75 Å². The second kappa shape index (κ2) is 6.69. The first kappa shape index (κ1) is 14.8. The third-order valence-corrected chi connectivity index (χ3v) is 2.93. The summed E-state index contributed by atoms with van der Waals surface area (Å²) in [6, 6.07) is 9.34. The minimum absolute atomic E-state index is 0.321. The maximum atomic E-state index is 12.3. The Balaban J connectivity index is 2.19. The van der Waals surface area contributed by atoms with Gasteiger partial charge in [0.15, 0.2) is 0 Å². The molecule has 110 valence electrons. The molecule has 1 unspecified atom stereocenters. The summed E-state index contributed by atoms with van der Waals surface area (Å²) in [6.45, 7) is 3.99. The van der Waals surface area contributed by atoms with Crippen LogP contribution < -0.4 is 15.6 Å². The number of amides is 1. The number of hydrogen-bond acceptors (Lipinski definition) is 4. The van der Waals surface area contributed by atoms with Crippen LogP contribution in [0.3, 0.4) is 0 Å². The number of aromatic nitrogens is 2. The predicted octanol–water partition coefficient (Wildman–Crippen LogP) is 1.84. The zero-order valence-electron chi connectivity index (χ0n) is 11.9. The number of nitrogens with one attached hydrogen (secondary N) is 1. The maximum Gasteiger partial charge on any atom is 0.267 e. The second-order valence-corrected chi connectivity index (χ2v) is 4.40. The smallest absolute Gasteiger partial charge is 0.267 e. The van der Waals surface area contributed by atoms with Crippen molar-refractivity contribution in [3.63, 3.8) is 0 Å². The Morgan fingerprint density at radius 2 is 2.10 bits per heavy atom. The summed E-state index contributed by atoms with van der Waals surface area (Å²) in [6.07, 6.45) is 1.47. The molecular formula is C15H17N3O3. The van der Waals surface area contributed by atoms with E-state index in [1.54, 1.807) is 25.1 Å². The van der Waals surface area contributed by atoms with Gasteiger partial charge in [0.05, 0.1) is 12.3 Å². The van der Waals surface area contributed by atoms with E-state index in [4.69, 9.17) is 4.74 Å². The van der Waals surface area contributed by atoms with E-state index in [1.807, 2.05) is 13.0 Å². The molecular weight excluding hydrogens is 270 g/mol. The number of anilines is 1. The molecule has 0 fully saturated rings. The highest BCUT2D eigenvalue weighted by Gasteiger charge is 2.18. The maximum absolute atomic E-state index is 12.3. The second-order valence-electron chi connectivity index (χ2n) is 4.40. The summed E-state index contributed by atoms with van der Waals surface area (Å²) >= 11 is 0. The van der Waals surface area contributed by atoms with Crippen molar-refractivity contribution in [3.8, 4) is 5.75 Å². The molecule has 1 heterocycles. The Hall–Kier alpha value is -2.63. The van der Waals surface area contributed by atoms with Gasteiger partial charge in [-0.3, -0.25) is 9.59 Å². The highest BCUT2D eigenvalue weighted by Crippen LogP contribution is 2.24. The highest BCUT2D eigenvalue weighted by atomic mass is 16.5. The lowest BCUT2D eigenvalue weighted by molar-refractivity contribution is -0.119. The van der Waals surface area contributed by atoms with Crippen molar-refractivity contribution in [2.45, 2.75) is 19.9 Å². The molecule has 1 amide bonds. The van der Waals surface area contributed by atoms with Crippen LogP contribution in [-0.2, 0) is 4.79 Å². The Bertz CT molecular complexity index is 682. The van der Waals surface area contributed by atoms with E-state index in [2.05, 4.69) is 10.4 Å². The quantitative estimate of drug-likeness (QED) is 0.910. The van der Waals surface area contributed by atoms with Gasteiger partial charge in [0.2, 0.25) is 5.91 Å². The average molecular weight is 287 g/mol. The van der Waals surface area contributed by atoms with Crippen LogP contribution in [-0.4, -0.2) is 22.3 Å². The van der Waals surface area contributed by atoms with Crippen LogP contribution in [0, 0.1) is 0 Å². The summed E-state index contributed by atoms with van der Waals surface area (Å²) in [5.41, 5.74) is 0.249. The fourth-order valence-corrected chi connectivity index (χ4v) is 1.86. The number of carbonyl (C=O) groups is 1. The molecule has 0 bridgehead atoms. The van der Waals surface area contributed by atoms with Crippen molar-refractivity contribution < 1.29 is 9.53 Å². The number of hydrogen-bond donors (Lipinski definition) is 1. The van der Waals surface area contributed by atoms with Gasteiger partial charge in [0.25, 0.3) is 5.56 Å². The Kier molecular flexibility index (Phi) is 4.71. The molecule has 0 saturated heterocycles. The highest BCUT2D eigenvalue weighted by molar-refractivity contribution is 5.94. The van der Waals surface area contributed by atoms with Crippen molar-refractivity contribution in [1.82, 2.24) is 9.78 Å². The summed E-state index contributed by atoms with van der Waals surface area (Å²) in [5, 5.41) is 6.67. The summed E-state index contributed by atoms with van der Waals surface area (Å²) in [5.74, 6) is 0.261. The topological polar surface area (TPSA) is 73.2 Å². The van der Waals surface area contributed by atoms with Gasteiger partial charge < -0.3 is 10.1 Å². The van der Waals surface area contributed by atoms with Gasteiger partial charge in [-0.2, -0.15) is 5.10 Å². The Labute approximate surface area is 122 Å². The van der Waals surface area contributed by atoms with Crippen molar-refractivity contribution in [1.29, 1.82) is 0 Å². The van der Waals surface area contributed by atoms with Crippen LogP contribution in [0.25, 0.3) is 0 Å². The molecule has 1 N–H and O–H groups in total. The normalized spacial score (nSPS) is 11.7. The van der Waals surface area contributed by atoms with E-state index in [0.717, 1.165) is 4.68 Å². The van der Waals surface area contributed by atoms with Gasteiger partial charge in [0.1, 0.15) is 11.8 Å². The first-order chi connectivity index (χ1) is 10.1. The van der Waals surface area contributed by atoms with Gasteiger partial charge in [-0.1, -0.05) is 12.1 Å². The Morgan fingerprint density at radius 1 is 1.33 bits per heavy atom. The molecule has 2 rings (SSSR count). The third kappa shape index (κ3) is 3.47. The number of ether oxygens (including phenoxy) is 1. The van der Waals surface area contributed by atoms with Crippen LogP contribution >= 0.6 is 0 Å². The summed E-state index contributed by atoms with van der Waals surface area (Å²) in [4.78, 5) is 23.9. The van der Waals surface area contributed by atoms with Crippen molar-refractivity contribution in [2.75, 3.05) is 11.9 Å². The minimum Gasteiger partial charge on any atom is -0.492 e. The number of nitrogens with zero attached hydrogens (tertiary/aromatic N) is 2. The molecule has 6 nitrogen and oxygen atoms in total. The van der Waals surface area contributed by atoms with Crippen molar-refractivity contribution in [2.24, 2.45) is 0 Å². The standard InChI is InChI=1S/C15H17N3O3/c1-3-21-13-8-5-4-7-12(13)17-15(20)11(2)18-14(19)9-6-10-16-18/h4-11H,3H2,1-2H3,(H,17,20). The van der Waals surface area contributed by atoms with Crippen molar-refractivity contribution in [3.05, 3.63) is 52.9 Å². The van der Waals surface area contributed by atoms with E-state index in [9.17, 15) is 9.59 Å². The molecule has 0 aliphatic rings. The first-order valence-corrected chi connectivity index (χ1v) is 6.70. The molecule has 0 radical (unpaired) electrons. The van der Waals surface area contributed by atoms with Gasteiger partial charge >= 0.3 is 0 Å². The zero-order valence-corrected chi connectivity index (χ0v) is 11.9. The molecule has 0 aliphatic carbocycles. The molecule has 6 heteroatoms. The molecule has 21 heavy (non-hydrogen) atoms. The largest absolute Gasteiger partial charge is 0.492 e. The Morgan fingerprint density at radius 3 is 2.81 bits per heavy atom. The van der Waals surface area contributed by atoms with Gasteiger partial charge in [0, 0.05) is 12.3 Å². The minimum atomic E-state index is -0.714. The molecule has 1 atom stereocenters. The van der Waals surface area contributed by atoms with Crippen LogP contribution in [0.2, 0.25) is 0 Å². The summed E-state index contributed by atoms with van der Waals surface area (Å²) < 4.78 is 6.59. The number of rotatable bonds is 5.